The molecule has 3 heteroatoms. The molecule has 1 aromatic carbocycles. The minimum Gasteiger partial charge on any atom is -0.396 e. The summed E-state index contributed by atoms with van der Waals surface area (Å²) in [6.07, 6.45) is 0. The largest absolute Gasteiger partial charge is 0.396 e. The molecule has 2 aromatic rings. The molecule has 84 valence electrons. The molecule has 0 aliphatic rings. The molecule has 0 bridgehead atoms. The first kappa shape index (κ1) is 11.2. The average Bonchev–Trinajstić information content (AvgIpc) is 2.30. The molecule has 0 saturated carbocycles. The van der Waals surface area contributed by atoms with Crippen LogP contribution >= 0.6 is 0 Å². The highest BCUT2D eigenvalue weighted by Gasteiger charge is 1.97. The number of pyridine rings is 1. The molecule has 0 saturated heterocycles. The summed E-state index contributed by atoms with van der Waals surface area (Å²) < 4.78 is 12.9. The molecule has 0 fully saturated rings. The second kappa shape index (κ2) is 4.67. The Morgan fingerprint density at radius 2 is 2.00 bits per heavy atom. The number of anilines is 1. The van der Waals surface area contributed by atoms with Crippen molar-refractivity contribution in [3.63, 3.8) is 0 Å². The Labute approximate surface area is 99.3 Å². The number of halogens is 1. The molecular weight excluding hydrogens is 215 g/mol. The third kappa shape index (κ3) is 2.82. The predicted molar refractivity (Wildman–Crippen MR) is 65.8 cm³/mol. The van der Waals surface area contributed by atoms with Gasteiger partial charge in [-0.1, -0.05) is 12.0 Å². The Kier molecular flexibility index (Phi) is 3.06. The monoisotopic (exact) mass is 226 g/mol. The zero-order chi connectivity index (χ0) is 12.3. The van der Waals surface area contributed by atoms with Gasteiger partial charge in [-0.2, -0.15) is 0 Å². The topological polar surface area (TPSA) is 38.9 Å². The van der Waals surface area contributed by atoms with Crippen molar-refractivity contribution in [2.45, 2.75) is 6.92 Å². The van der Waals surface area contributed by atoms with Gasteiger partial charge in [-0.25, -0.2) is 9.37 Å². The van der Waals surface area contributed by atoms with Gasteiger partial charge in [0.1, 0.15) is 11.5 Å². The van der Waals surface area contributed by atoms with Crippen LogP contribution in [0.4, 0.5) is 10.1 Å². The summed E-state index contributed by atoms with van der Waals surface area (Å²) in [5.74, 6) is 5.38. The van der Waals surface area contributed by atoms with Gasteiger partial charge >= 0.3 is 0 Å². The number of rotatable bonds is 0. The van der Waals surface area contributed by atoms with E-state index >= 15 is 0 Å². The van der Waals surface area contributed by atoms with Crippen LogP contribution < -0.4 is 5.73 Å². The number of hydrogen-bond acceptors (Lipinski definition) is 2. The smallest absolute Gasteiger partial charge is 0.136 e. The number of nitrogens with two attached hydrogens (primary N) is 1. The van der Waals surface area contributed by atoms with Crippen LogP contribution in [0.1, 0.15) is 17.0 Å². The summed E-state index contributed by atoms with van der Waals surface area (Å²) >= 11 is 0. The third-order valence-corrected chi connectivity index (χ3v) is 2.22. The van der Waals surface area contributed by atoms with E-state index in [9.17, 15) is 4.39 Å². The summed E-state index contributed by atoms with van der Waals surface area (Å²) in [5.41, 5.74) is 8.25. The van der Waals surface area contributed by atoms with Crippen molar-refractivity contribution in [3.8, 4) is 11.8 Å². The fourth-order valence-electron chi connectivity index (χ4n) is 1.37. The van der Waals surface area contributed by atoms with Gasteiger partial charge in [0, 0.05) is 11.3 Å². The molecule has 0 atom stereocenters. The molecule has 0 radical (unpaired) electrons. The standard InChI is InChI=1S/C14H11FN2/c1-10-5-7-13(16)14(17-10)8-6-11-3-2-4-12(15)9-11/h2-5,7,9H,16H2,1H3. The summed E-state index contributed by atoms with van der Waals surface area (Å²) in [5, 5.41) is 0. The first-order valence-corrected chi connectivity index (χ1v) is 5.16. The van der Waals surface area contributed by atoms with Crippen LogP contribution in [0, 0.1) is 24.6 Å². The lowest BCUT2D eigenvalue weighted by Crippen LogP contribution is -1.95. The first-order chi connectivity index (χ1) is 8.15. The van der Waals surface area contributed by atoms with Gasteiger partial charge < -0.3 is 5.73 Å². The van der Waals surface area contributed by atoms with E-state index in [1.165, 1.54) is 12.1 Å². The van der Waals surface area contributed by atoms with Crippen LogP contribution in [0.3, 0.4) is 0 Å². The Morgan fingerprint density at radius 3 is 2.76 bits per heavy atom. The zero-order valence-electron chi connectivity index (χ0n) is 9.37. The van der Waals surface area contributed by atoms with E-state index in [1.54, 1.807) is 18.2 Å². The normalized spacial score (nSPS) is 9.53. The molecule has 2 rings (SSSR count). The fraction of sp³-hybridized carbons (Fsp3) is 0.0714. The molecule has 2 nitrogen and oxygen atoms in total. The lowest BCUT2D eigenvalue weighted by Gasteiger charge is -1.98. The predicted octanol–water partition coefficient (Wildman–Crippen LogP) is 2.51. The molecule has 0 unspecified atom stereocenters. The maximum atomic E-state index is 12.9. The van der Waals surface area contributed by atoms with Crippen molar-refractivity contribution in [1.29, 1.82) is 0 Å². The van der Waals surface area contributed by atoms with Crippen LogP contribution in [0.5, 0.6) is 0 Å². The summed E-state index contributed by atoms with van der Waals surface area (Å²) in [4.78, 5) is 4.22. The van der Waals surface area contributed by atoms with Crippen LogP contribution in [0.25, 0.3) is 0 Å². The lowest BCUT2D eigenvalue weighted by atomic mass is 10.2. The SMILES string of the molecule is Cc1ccc(N)c(C#Cc2cccc(F)c2)n1. The van der Waals surface area contributed by atoms with Crippen molar-refractivity contribution >= 4 is 5.69 Å². The van der Waals surface area contributed by atoms with Crippen molar-refractivity contribution < 1.29 is 4.39 Å². The maximum absolute atomic E-state index is 12.9. The number of aromatic nitrogens is 1. The fourth-order valence-corrected chi connectivity index (χ4v) is 1.37. The molecule has 1 heterocycles. The van der Waals surface area contributed by atoms with Gasteiger partial charge in [-0.3, -0.25) is 0 Å². The summed E-state index contributed by atoms with van der Waals surface area (Å²) in [6.45, 7) is 1.87. The number of nitrogens with zero attached hydrogens (tertiary/aromatic N) is 1. The van der Waals surface area contributed by atoms with E-state index in [2.05, 4.69) is 16.8 Å². The van der Waals surface area contributed by atoms with Crippen molar-refractivity contribution in [2.24, 2.45) is 0 Å². The first-order valence-electron chi connectivity index (χ1n) is 5.16. The van der Waals surface area contributed by atoms with Gasteiger partial charge in [0.15, 0.2) is 0 Å². The molecule has 0 spiro atoms. The second-order valence-corrected chi connectivity index (χ2v) is 3.65. The Balaban J connectivity index is 2.36. The van der Waals surface area contributed by atoms with Crippen molar-refractivity contribution in [3.05, 3.63) is 59.2 Å². The lowest BCUT2D eigenvalue weighted by molar-refractivity contribution is 0.627. The highest BCUT2D eigenvalue weighted by molar-refractivity contribution is 5.54. The average molecular weight is 226 g/mol. The van der Waals surface area contributed by atoms with Crippen molar-refractivity contribution in [2.75, 3.05) is 5.73 Å². The molecular formula is C14H11FN2. The maximum Gasteiger partial charge on any atom is 0.136 e. The molecule has 1 aromatic heterocycles. The van der Waals surface area contributed by atoms with E-state index in [4.69, 9.17) is 5.73 Å². The Morgan fingerprint density at radius 1 is 1.18 bits per heavy atom. The molecule has 0 aliphatic carbocycles. The summed E-state index contributed by atoms with van der Waals surface area (Å²) in [6, 6.07) is 9.69. The van der Waals surface area contributed by atoms with Gasteiger partial charge in [0.25, 0.3) is 0 Å². The number of hydrogen-bond donors (Lipinski definition) is 1. The summed E-state index contributed by atoms with van der Waals surface area (Å²) in [7, 11) is 0. The highest BCUT2D eigenvalue weighted by atomic mass is 19.1. The van der Waals surface area contributed by atoms with E-state index in [0.29, 0.717) is 16.9 Å². The van der Waals surface area contributed by atoms with Gasteiger partial charge in [-0.05, 0) is 43.2 Å². The number of benzene rings is 1. The van der Waals surface area contributed by atoms with Crippen LogP contribution in [-0.2, 0) is 0 Å². The van der Waals surface area contributed by atoms with Gasteiger partial charge in [0.2, 0.25) is 0 Å². The van der Waals surface area contributed by atoms with Gasteiger partial charge in [0.05, 0.1) is 5.69 Å². The number of nitrogen functional groups attached to an aromatic ring is 1. The second-order valence-electron chi connectivity index (χ2n) is 3.65. The van der Waals surface area contributed by atoms with Crippen molar-refractivity contribution in [1.82, 2.24) is 4.98 Å². The Hall–Kier alpha value is -2.34. The van der Waals surface area contributed by atoms with Crippen LogP contribution in [0.15, 0.2) is 36.4 Å². The van der Waals surface area contributed by atoms with Crippen LogP contribution in [0.2, 0.25) is 0 Å². The molecule has 0 amide bonds. The minimum atomic E-state index is -0.304. The van der Waals surface area contributed by atoms with Crippen LogP contribution in [-0.4, -0.2) is 4.98 Å². The third-order valence-electron chi connectivity index (χ3n) is 2.22. The quantitative estimate of drug-likeness (QED) is 0.701. The molecule has 17 heavy (non-hydrogen) atoms. The van der Waals surface area contributed by atoms with E-state index in [1.807, 2.05) is 13.0 Å². The zero-order valence-corrected chi connectivity index (χ0v) is 9.37. The Bertz CT molecular complexity index is 609. The van der Waals surface area contributed by atoms with Gasteiger partial charge in [-0.15, -0.1) is 0 Å². The highest BCUT2D eigenvalue weighted by Crippen LogP contribution is 2.08. The van der Waals surface area contributed by atoms with E-state index in [0.717, 1.165) is 5.69 Å². The molecule has 0 aliphatic heterocycles. The van der Waals surface area contributed by atoms with E-state index in [-0.39, 0.29) is 5.82 Å². The minimum absolute atomic E-state index is 0.304. The number of aryl methyl sites for hydroxylation is 1. The molecule has 2 N–H and O–H groups in total. The van der Waals surface area contributed by atoms with E-state index < -0.39 is 0 Å².